The Balaban J connectivity index is 1.76. The lowest BCUT2D eigenvalue weighted by Gasteiger charge is -2.15. The molecular weight excluding hydrogens is 374 g/mol. The van der Waals surface area contributed by atoms with Crippen molar-refractivity contribution in [2.75, 3.05) is 22.6 Å². The van der Waals surface area contributed by atoms with E-state index in [1.807, 2.05) is 24.3 Å². The van der Waals surface area contributed by atoms with Crippen LogP contribution in [0.25, 0.3) is 0 Å². The van der Waals surface area contributed by atoms with E-state index in [0.717, 1.165) is 0 Å². The molecule has 8 heteroatoms. The number of carbonyl (C=O) groups excluding carboxylic acids is 2. The lowest BCUT2D eigenvalue weighted by Crippen LogP contribution is -2.30. The van der Waals surface area contributed by atoms with E-state index >= 15 is 0 Å². The topological polar surface area (TPSA) is 89.5 Å². The number of anilines is 1. The summed E-state index contributed by atoms with van der Waals surface area (Å²) >= 11 is 1.27. The highest BCUT2D eigenvalue weighted by molar-refractivity contribution is 8.02. The van der Waals surface area contributed by atoms with E-state index in [9.17, 15) is 18.0 Å². The standard InChI is InChI=1S/C18H25NO5S2/c1-12(2)14-4-6-15(7-5-14)19-18(21)13(3)24-17(20)10-25-16-8-9-26(22,23)11-16/h4-7,12-13,16H,8-11H2,1-3H3,(H,19,21)/t13-,16-/m1/s1. The predicted molar refractivity (Wildman–Crippen MR) is 104 cm³/mol. The number of hydrogen-bond donors (Lipinski definition) is 1. The molecule has 6 nitrogen and oxygen atoms in total. The molecule has 2 atom stereocenters. The first kappa shape index (κ1) is 20.8. The van der Waals surface area contributed by atoms with Crippen LogP contribution in [-0.2, 0) is 24.2 Å². The first-order valence-electron chi connectivity index (χ1n) is 8.58. The first-order valence-corrected chi connectivity index (χ1v) is 11.5. The van der Waals surface area contributed by atoms with Crippen LogP contribution in [0.3, 0.4) is 0 Å². The molecule has 1 aliphatic heterocycles. The van der Waals surface area contributed by atoms with E-state index in [4.69, 9.17) is 4.74 Å². The van der Waals surface area contributed by atoms with Crippen LogP contribution in [0.2, 0.25) is 0 Å². The molecule has 1 saturated heterocycles. The second-order valence-electron chi connectivity index (χ2n) is 6.73. The second-order valence-corrected chi connectivity index (χ2v) is 10.3. The van der Waals surface area contributed by atoms with Gasteiger partial charge >= 0.3 is 5.97 Å². The molecule has 26 heavy (non-hydrogen) atoms. The SMILES string of the molecule is CC(C)c1ccc(NC(=O)[C@@H](C)OC(=O)CS[C@@H]2CCS(=O)(=O)C2)cc1. The Kier molecular flexibility index (Phi) is 7.11. The lowest BCUT2D eigenvalue weighted by molar-refractivity contribution is -0.150. The maximum Gasteiger partial charge on any atom is 0.316 e. The van der Waals surface area contributed by atoms with Crippen molar-refractivity contribution < 1.29 is 22.7 Å². The van der Waals surface area contributed by atoms with Crippen LogP contribution >= 0.6 is 11.8 Å². The number of nitrogens with one attached hydrogen (secondary N) is 1. The molecule has 144 valence electrons. The van der Waals surface area contributed by atoms with E-state index in [1.165, 1.54) is 24.2 Å². The fourth-order valence-electron chi connectivity index (χ4n) is 2.56. The zero-order valence-electron chi connectivity index (χ0n) is 15.2. The number of thioether (sulfide) groups is 1. The van der Waals surface area contributed by atoms with Gasteiger partial charge in [0.25, 0.3) is 5.91 Å². The van der Waals surface area contributed by atoms with Crippen molar-refractivity contribution in [1.29, 1.82) is 0 Å². The Morgan fingerprint density at radius 3 is 2.42 bits per heavy atom. The fourth-order valence-corrected chi connectivity index (χ4v) is 5.98. The lowest BCUT2D eigenvalue weighted by atomic mass is 10.0. The maximum absolute atomic E-state index is 12.1. The smallest absolute Gasteiger partial charge is 0.316 e. The number of amides is 1. The Morgan fingerprint density at radius 2 is 1.88 bits per heavy atom. The van der Waals surface area contributed by atoms with Crippen LogP contribution in [0, 0.1) is 0 Å². The average molecular weight is 400 g/mol. The van der Waals surface area contributed by atoms with Crippen molar-refractivity contribution in [3.05, 3.63) is 29.8 Å². The van der Waals surface area contributed by atoms with Gasteiger partial charge < -0.3 is 10.1 Å². The summed E-state index contributed by atoms with van der Waals surface area (Å²) in [7, 11) is -2.96. The van der Waals surface area contributed by atoms with Crippen LogP contribution in [0.15, 0.2) is 24.3 Å². The van der Waals surface area contributed by atoms with Crippen LogP contribution < -0.4 is 5.32 Å². The predicted octanol–water partition coefficient (Wildman–Crippen LogP) is 2.60. The number of esters is 1. The molecule has 1 aromatic carbocycles. The van der Waals surface area contributed by atoms with E-state index in [0.29, 0.717) is 18.0 Å². The van der Waals surface area contributed by atoms with Crippen LogP contribution in [0.5, 0.6) is 0 Å². The molecule has 0 bridgehead atoms. The number of benzene rings is 1. The summed E-state index contributed by atoms with van der Waals surface area (Å²) in [5.41, 5.74) is 1.82. The van der Waals surface area contributed by atoms with E-state index in [1.54, 1.807) is 0 Å². The largest absolute Gasteiger partial charge is 0.452 e. The van der Waals surface area contributed by atoms with Crippen LogP contribution in [0.4, 0.5) is 5.69 Å². The molecular formula is C18H25NO5S2. The monoisotopic (exact) mass is 399 g/mol. The third-order valence-electron chi connectivity index (χ3n) is 4.15. The average Bonchev–Trinajstić information content (AvgIpc) is 2.92. The van der Waals surface area contributed by atoms with Gasteiger partial charge in [-0.2, -0.15) is 0 Å². The molecule has 0 aromatic heterocycles. The van der Waals surface area contributed by atoms with Gasteiger partial charge in [-0.3, -0.25) is 9.59 Å². The summed E-state index contributed by atoms with van der Waals surface area (Å²) < 4.78 is 27.9. The summed E-state index contributed by atoms with van der Waals surface area (Å²) in [4.78, 5) is 24.0. The van der Waals surface area contributed by atoms with Crippen LogP contribution in [0.1, 0.15) is 38.7 Å². The van der Waals surface area contributed by atoms with Gasteiger partial charge in [0, 0.05) is 10.9 Å². The molecule has 0 spiro atoms. The summed E-state index contributed by atoms with van der Waals surface area (Å²) in [6.45, 7) is 5.70. The molecule has 1 N–H and O–H groups in total. The van der Waals surface area contributed by atoms with E-state index < -0.39 is 27.8 Å². The molecule has 0 saturated carbocycles. The summed E-state index contributed by atoms with van der Waals surface area (Å²) in [6.07, 6.45) is -0.358. The third kappa shape index (κ3) is 6.32. The Morgan fingerprint density at radius 1 is 1.23 bits per heavy atom. The highest BCUT2D eigenvalue weighted by atomic mass is 32.2. The zero-order chi connectivity index (χ0) is 19.3. The highest BCUT2D eigenvalue weighted by Crippen LogP contribution is 2.24. The summed E-state index contributed by atoms with van der Waals surface area (Å²) in [5, 5.41) is 2.65. The molecule has 1 aromatic rings. The van der Waals surface area contributed by atoms with Crippen molar-refractivity contribution in [3.8, 4) is 0 Å². The quantitative estimate of drug-likeness (QED) is 0.709. The number of ether oxygens (including phenoxy) is 1. The highest BCUT2D eigenvalue weighted by Gasteiger charge is 2.29. The number of carbonyl (C=O) groups is 2. The minimum Gasteiger partial charge on any atom is -0.452 e. The van der Waals surface area contributed by atoms with E-state index in [2.05, 4.69) is 19.2 Å². The van der Waals surface area contributed by atoms with Crippen molar-refractivity contribution in [2.45, 2.75) is 44.5 Å². The minimum absolute atomic E-state index is 0.0426. The second kappa shape index (κ2) is 8.90. The first-order chi connectivity index (χ1) is 12.2. The van der Waals surface area contributed by atoms with Gasteiger partial charge in [-0.15, -0.1) is 11.8 Å². The molecule has 0 aliphatic carbocycles. The number of rotatable bonds is 7. The van der Waals surface area contributed by atoms with Crippen molar-refractivity contribution in [2.24, 2.45) is 0 Å². The Bertz CT molecular complexity index is 743. The molecule has 1 aliphatic rings. The van der Waals surface area contributed by atoms with Crippen molar-refractivity contribution in [1.82, 2.24) is 0 Å². The van der Waals surface area contributed by atoms with Gasteiger partial charge in [0.2, 0.25) is 0 Å². The van der Waals surface area contributed by atoms with E-state index in [-0.39, 0.29) is 22.5 Å². The summed E-state index contributed by atoms with van der Waals surface area (Å²) in [5.74, 6) is -0.185. The Hall–Kier alpha value is -1.54. The zero-order valence-corrected chi connectivity index (χ0v) is 16.9. The molecule has 0 radical (unpaired) electrons. The van der Waals surface area contributed by atoms with Crippen molar-refractivity contribution >= 4 is 39.2 Å². The normalized spacial score (nSPS) is 19.9. The maximum atomic E-state index is 12.1. The molecule has 0 unspecified atom stereocenters. The van der Waals surface area contributed by atoms with Crippen molar-refractivity contribution in [3.63, 3.8) is 0 Å². The van der Waals surface area contributed by atoms with Gasteiger partial charge in [0.15, 0.2) is 15.9 Å². The Labute approximate surface area is 159 Å². The van der Waals surface area contributed by atoms with Gasteiger partial charge in [-0.05, 0) is 37.0 Å². The molecule has 1 fully saturated rings. The minimum atomic E-state index is -2.96. The third-order valence-corrected chi connectivity index (χ3v) is 7.40. The van der Waals surface area contributed by atoms with Gasteiger partial charge in [0.1, 0.15) is 0 Å². The molecule has 1 heterocycles. The number of hydrogen-bond acceptors (Lipinski definition) is 6. The van der Waals surface area contributed by atoms with Gasteiger partial charge in [-0.25, -0.2) is 8.42 Å². The van der Waals surface area contributed by atoms with Gasteiger partial charge in [0.05, 0.1) is 17.3 Å². The van der Waals surface area contributed by atoms with Crippen LogP contribution in [-0.4, -0.2) is 48.9 Å². The summed E-state index contributed by atoms with van der Waals surface area (Å²) in [6, 6.07) is 7.53. The number of sulfone groups is 1. The van der Waals surface area contributed by atoms with Gasteiger partial charge in [-0.1, -0.05) is 26.0 Å². The fraction of sp³-hybridized carbons (Fsp3) is 0.556. The molecule has 2 rings (SSSR count). The molecule has 1 amide bonds.